The van der Waals surface area contributed by atoms with Gasteiger partial charge in [0.2, 0.25) is 0 Å². The lowest BCUT2D eigenvalue weighted by Gasteiger charge is -2.43. The Balaban J connectivity index is 1.63. The highest BCUT2D eigenvalue weighted by Gasteiger charge is 2.39. The molecule has 6 heteroatoms. The Labute approximate surface area is 129 Å². The monoisotopic (exact) mass is 306 g/mol. The van der Waals surface area contributed by atoms with E-state index in [1.807, 2.05) is 0 Å². The topological polar surface area (TPSA) is 80.7 Å². The summed E-state index contributed by atoms with van der Waals surface area (Å²) in [5.41, 5.74) is 0.890. The van der Waals surface area contributed by atoms with Gasteiger partial charge in [0.15, 0.2) is 0 Å². The standard InChI is InChI=1S/C16H22N2O4/c19-11-12-1-5-17-14(9-12)15(20)18-13-2-6-22-16(10-13)3-7-21-8-4-16/h1,5,9,13,19H,2-4,6-8,10-11H2,(H,18,20)/t13-/m1/s1. The minimum Gasteiger partial charge on any atom is -0.392 e. The van der Waals surface area contributed by atoms with E-state index in [2.05, 4.69) is 10.3 Å². The van der Waals surface area contributed by atoms with E-state index >= 15 is 0 Å². The molecule has 2 N–H and O–H groups in total. The number of amides is 1. The van der Waals surface area contributed by atoms with Gasteiger partial charge in [-0.3, -0.25) is 9.78 Å². The Morgan fingerprint density at radius 2 is 2.23 bits per heavy atom. The van der Waals surface area contributed by atoms with Gasteiger partial charge in [-0.15, -0.1) is 0 Å². The first kappa shape index (κ1) is 15.4. The van der Waals surface area contributed by atoms with Crippen molar-refractivity contribution < 1.29 is 19.4 Å². The number of hydrogen-bond acceptors (Lipinski definition) is 5. The summed E-state index contributed by atoms with van der Waals surface area (Å²) in [7, 11) is 0. The molecule has 2 aliphatic rings. The molecule has 1 amide bonds. The number of aliphatic hydroxyl groups is 1. The molecule has 2 fully saturated rings. The lowest BCUT2D eigenvalue weighted by molar-refractivity contribution is -0.139. The zero-order valence-electron chi connectivity index (χ0n) is 12.6. The molecule has 2 saturated heterocycles. The third kappa shape index (κ3) is 3.45. The van der Waals surface area contributed by atoms with Crippen molar-refractivity contribution in [2.24, 2.45) is 0 Å². The highest BCUT2D eigenvalue weighted by molar-refractivity contribution is 5.92. The Kier molecular flexibility index (Phi) is 4.71. The summed E-state index contributed by atoms with van der Waals surface area (Å²) in [6, 6.07) is 3.42. The highest BCUT2D eigenvalue weighted by Crippen LogP contribution is 2.34. The molecule has 0 bridgehead atoms. The molecule has 0 aromatic carbocycles. The second-order valence-electron chi connectivity index (χ2n) is 6.01. The molecule has 6 nitrogen and oxygen atoms in total. The van der Waals surface area contributed by atoms with E-state index in [0.29, 0.717) is 17.9 Å². The summed E-state index contributed by atoms with van der Waals surface area (Å²) < 4.78 is 11.4. The maximum Gasteiger partial charge on any atom is 0.270 e. The molecule has 1 aromatic heterocycles. The molecule has 1 aromatic rings. The number of nitrogens with zero attached hydrogens (tertiary/aromatic N) is 1. The first-order chi connectivity index (χ1) is 10.7. The molecule has 0 saturated carbocycles. The summed E-state index contributed by atoms with van der Waals surface area (Å²) in [6.07, 6.45) is 4.95. The van der Waals surface area contributed by atoms with Crippen LogP contribution in [-0.4, -0.2) is 47.5 Å². The predicted molar refractivity (Wildman–Crippen MR) is 79.4 cm³/mol. The Morgan fingerprint density at radius 1 is 1.41 bits per heavy atom. The van der Waals surface area contributed by atoms with Crippen LogP contribution in [0.15, 0.2) is 18.3 Å². The number of ether oxygens (including phenoxy) is 2. The summed E-state index contributed by atoms with van der Waals surface area (Å²) in [5.74, 6) is -0.190. The van der Waals surface area contributed by atoms with Crippen molar-refractivity contribution in [1.82, 2.24) is 10.3 Å². The largest absolute Gasteiger partial charge is 0.392 e. The van der Waals surface area contributed by atoms with Gasteiger partial charge in [-0.1, -0.05) is 0 Å². The van der Waals surface area contributed by atoms with E-state index in [9.17, 15) is 4.79 Å². The quantitative estimate of drug-likeness (QED) is 0.872. The van der Waals surface area contributed by atoms with Crippen LogP contribution in [0.5, 0.6) is 0 Å². The van der Waals surface area contributed by atoms with Crippen LogP contribution in [0.2, 0.25) is 0 Å². The third-order valence-electron chi connectivity index (χ3n) is 4.47. The Hall–Kier alpha value is -1.50. The van der Waals surface area contributed by atoms with E-state index < -0.39 is 0 Å². The van der Waals surface area contributed by atoms with Crippen LogP contribution in [0.4, 0.5) is 0 Å². The molecule has 120 valence electrons. The van der Waals surface area contributed by atoms with Gasteiger partial charge in [-0.25, -0.2) is 0 Å². The van der Waals surface area contributed by atoms with Crippen LogP contribution < -0.4 is 5.32 Å². The third-order valence-corrected chi connectivity index (χ3v) is 4.47. The molecule has 3 rings (SSSR count). The van der Waals surface area contributed by atoms with Gasteiger partial charge in [-0.05, 0) is 43.4 Å². The minimum atomic E-state index is -0.190. The Bertz CT molecular complexity index is 523. The van der Waals surface area contributed by atoms with Crippen LogP contribution in [0, 0.1) is 0 Å². The first-order valence-corrected chi connectivity index (χ1v) is 7.79. The second kappa shape index (κ2) is 6.73. The number of aromatic nitrogens is 1. The average Bonchev–Trinajstić information content (AvgIpc) is 2.55. The van der Waals surface area contributed by atoms with Crippen molar-refractivity contribution >= 4 is 5.91 Å². The van der Waals surface area contributed by atoms with Gasteiger partial charge in [0.25, 0.3) is 5.91 Å². The molecule has 0 aliphatic carbocycles. The number of nitrogens with one attached hydrogen (secondary N) is 1. The molecule has 3 heterocycles. The van der Waals surface area contributed by atoms with Gasteiger partial charge in [-0.2, -0.15) is 0 Å². The molecule has 1 spiro atoms. The van der Waals surface area contributed by atoms with Crippen molar-refractivity contribution in [3.05, 3.63) is 29.6 Å². The van der Waals surface area contributed by atoms with Gasteiger partial charge < -0.3 is 19.9 Å². The molecule has 2 aliphatic heterocycles. The number of hydrogen-bond donors (Lipinski definition) is 2. The van der Waals surface area contributed by atoms with Crippen LogP contribution >= 0.6 is 0 Å². The number of carbonyl (C=O) groups excluding carboxylic acids is 1. The molecule has 22 heavy (non-hydrogen) atoms. The first-order valence-electron chi connectivity index (χ1n) is 7.79. The van der Waals surface area contributed by atoms with Gasteiger partial charge in [0, 0.05) is 32.1 Å². The second-order valence-corrected chi connectivity index (χ2v) is 6.01. The van der Waals surface area contributed by atoms with Gasteiger partial charge in [0.05, 0.1) is 12.2 Å². The normalized spacial score (nSPS) is 24.1. The number of carbonyl (C=O) groups is 1. The van der Waals surface area contributed by atoms with E-state index in [-0.39, 0.29) is 24.2 Å². The number of aliphatic hydroxyl groups excluding tert-OH is 1. The van der Waals surface area contributed by atoms with Crippen LogP contribution in [0.1, 0.15) is 41.7 Å². The smallest absolute Gasteiger partial charge is 0.270 e. The van der Waals surface area contributed by atoms with Crippen molar-refractivity contribution in [3.63, 3.8) is 0 Å². The zero-order valence-corrected chi connectivity index (χ0v) is 12.6. The maximum absolute atomic E-state index is 12.3. The fourth-order valence-electron chi connectivity index (χ4n) is 3.20. The fraction of sp³-hybridized carbons (Fsp3) is 0.625. The lowest BCUT2D eigenvalue weighted by atomic mass is 9.84. The van der Waals surface area contributed by atoms with E-state index in [4.69, 9.17) is 14.6 Å². The molecule has 0 radical (unpaired) electrons. The van der Waals surface area contributed by atoms with Crippen LogP contribution in [0.3, 0.4) is 0 Å². The SMILES string of the molecule is O=C(N[C@@H]1CCOC2(CCOCC2)C1)c1cc(CO)ccn1. The number of rotatable bonds is 3. The lowest BCUT2D eigenvalue weighted by Crippen LogP contribution is -2.51. The summed E-state index contributed by atoms with van der Waals surface area (Å²) in [5, 5.41) is 12.2. The average molecular weight is 306 g/mol. The highest BCUT2D eigenvalue weighted by atomic mass is 16.5. The van der Waals surface area contributed by atoms with Crippen molar-refractivity contribution in [2.75, 3.05) is 19.8 Å². The summed E-state index contributed by atoms with van der Waals surface area (Å²) in [6.45, 7) is 2.01. The Morgan fingerprint density at radius 3 is 3.00 bits per heavy atom. The molecular weight excluding hydrogens is 284 g/mol. The summed E-state index contributed by atoms with van der Waals surface area (Å²) >= 11 is 0. The predicted octanol–water partition coefficient (Wildman–Crippen LogP) is 1.03. The number of pyridine rings is 1. The van der Waals surface area contributed by atoms with Crippen LogP contribution in [0.25, 0.3) is 0 Å². The van der Waals surface area contributed by atoms with E-state index in [1.54, 1.807) is 18.3 Å². The van der Waals surface area contributed by atoms with Crippen molar-refractivity contribution in [3.8, 4) is 0 Å². The van der Waals surface area contributed by atoms with E-state index in [1.165, 1.54) is 0 Å². The van der Waals surface area contributed by atoms with Crippen molar-refractivity contribution in [1.29, 1.82) is 0 Å². The van der Waals surface area contributed by atoms with Gasteiger partial charge >= 0.3 is 0 Å². The molecule has 0 unspecified atom stereocenters. The minimum absolute atomic E-state index is 0.0941. The van der Waals surface area contributed by atoms with E-state index in [0.717, 1.165) is 38.9 Å². The molecule has 1 atom stereocenters. The van der Waals surface area contributed by atoms with Gasteiger partial charge in [0.1, 0.15) is 5.69 Å². The fourth-order valence-corrected chi connectivity index (χ4v) is 3.20. The van der Waals surface area contributed by atoms with Crippen LogP contribution in [-0.2, 0) is 16.1 Å². The molecular formula is C16H22N2O4. The summed E-state index contributed by atoms with van der Waals surface area (Å²) in [4.78, 5) is 16.4. The van der Waals surface area contributed by atoms with Crippen molar-refractivity contribution in [2.45, 2.75) is 43.9 Å². The maximum atomic E-state index is 12.3. The zero-order chi connectivity index (χ0) is 15.4.